The van der Waals surface area contributed by atoms with Gasteiger partial charge in [-0.3, -0.25) is 0 Å². The summed E-state index contributed by atoms with van der Waals surface area (Å²) < 4.78 is 1.13. The summed E-state index contributed by atoms with van der Waals surface area (Å²) in [6.45, 7) is 8.74. The van der Waals surface area contributed by atoms with Gasteiger partial charge in [0.1, 0.15) is 0 Å². The number of aryl methyl sites for hydroxylation is 2. The third kappa shape index (κ3) is 3.94. The molecule has 20 heavy (non-hydrogen) atoms. The molecule has 2 aromatic rings. The minimum Gasteiger partial charge on any atom is -0.304 e. The lowest BCUT2D eigenvalue weighted by molar-refractivity contribution is 0.494. The molecule has 0 aliphatic carbocycles. The van der Waals surface area contributed by atoms with Crippen LogP contribution in [0.2, 0.25) is 0 Å². The van der Waals surface area contributed by atoms with E-state index in [1.165, 1.54) is 22.3 Å². The molecule has 0 bridgehead atoms. The van der Waals surface area contributed by atoms with Crippen LogP contribution < -0.4 is 5.32 Å². The fraction of sp³-hybridized carbons (Fsp3) is 0.333. The third-order valence-corrected chi connectivity index (χ3v) is 4.09. The van der Waals surface area contributed by atoms with Crippen LogP contribution in [-0.2, 0) is 0 Å². The molecule has 2 rings (SSSR count). The number of benzene rings is 2. The van der Waals surface area contributed by atoms with Crippen molar-refractivity contribution in [3.8, 4) is 0 Å². The Morgan fingerprint density at radius 2 is 1.45 bits per heavy atom. The third-order valence-electron chi connectivity index (χ3n) is 3.59. The average Bonchev–Trinajstić information content (AvgIpc) is 2.37. The molecule has 0 aliphatic heterocycles. The molecule has 0 amide bonds. The van der Waals surface area contributed by atoms with Gasteiger partial charge in [-0.25, -0.2) is 0 Å². The van der Waals surface area contributed by atoms with Crippen LogP contribution in [0.5, 0.6) is 0 Å². The van der Waals surface area contributed by atoms with Gasteiger partial charge in [0.15, 0.2) is 0 Å². The highest BCUT2D eigenvalue weighted by Gasteiger charge is 2.12. The molecule has 0 saturated heterocycles. The molecule has 106 valence electrons. The van der Waals surface area contributed by atoms with Crippen LogP contribution in [0.3, 0.4) is 0 Å². The van der Waals surface area contributed by atoms with E-state index in [1.807, 2.05) is 0 Å². The second-order valence-corrected chi connectivity index (χ2v) is 6.50. The van der Waals surface area contributed by atoms with Crippen LogP contribution in [0.15, 0.2) is 46.9 Å². The second kappa shape index (κ2) is 6.55. The van der Waals surface area contributed by atoms with Gasteiger partial charge in [-0.1, -0.05) is 57.4 Å². The molecule has 2 heteroatoms. The monoisotopic (exact) mass is 331 g/mol. The number of rotatable bonds is 4. The summed E-state index contributed by atoms with van der Waals surface area (Å²) in [6.07, 6.45) is 0. The lowest BCUT2D eigenvalue weighted by Gasteiger charge is -2.21. The van der Waals surface area contributed by atoms with Gasteiger partial charge in [0.25, 0.3) is 0 Å². The van der Waals surface area contributed by atoms with E-state index in [1.54, 1.807) is 0 Å². The van der Waals surface area contributed by atoms with E-state index < -0.39 is 0 Å². The van der Waals surface area contributed by atoms with Crippen molar-refractivity contribution >= 4 is 15.9 Å². The van der Waals surface area contributed by atoms with E-state index in [-0.39, 0.29) is 0 Å². The summed E-state index contributed by atoms with van der Waals surface area (Å²) in [5, 5.41) is 3.67. The molecule has 0 aromatic heterocycles. The molecule has 2 aromatic carbocycles. The number of nitrogens with one attached hydrogen (secondary N) is 1. The van der Waals surface area contributed by atoms with Crippen molar-refractivity contribution in [1.29, 1.82) is 0 Å². The Morgan fingerprint density at radius 3 is 2.05 bits per heavy atom. The highest BCUT2D eigenvalue weighted by Crippen LogP contribution is 2.23. The summed E-state index contributed by atoms with van der Waals surface area (Å²) in [5.74, 6) is 0. The van der Waals surface area contributed by atoms with Gasteiger partial charge >= 0.3 is 0 Å². The molecule has 0 heterocycles. The Hall–Kier alpha value is -1.12. The van der Waals surface area contributed by atoms with Crippen molar-refractivity contribution in [2.75, 3.05) is 0 Å². The minimum absolute atomic E-state index is 0.323. The lowest BCUT2D eigenvalue weighted by atomic mass is 10.0. The van der Waals surface area contributed by atoms with E-state index in [0.717, 1.165) is 4.47 Å². The maximum Gasteiger partial charge on any atom is 0.0297 e. The summed E-state index contributed by atoms with van der Waals surface area (Å²) in [6, 6.07) is 15.9. The van der Waals surface area contributed by atoms with Gasteiger partial charge in [0.05, 0.1) is 0 Å². The first-order valence-corrected chi connectivity index (χ1v) is 7.84. The topological polar surface area (TPSA) is 12.0 Å². The Morgan fingerprint density at radius 1 is 0.850 bits per heavy atom. The maximum atomic E-state index is 3.67. The molecule has 2 atom stereocenters. The zero-order chi connectivity index (χ0) is 14.7. The standard InChI is InChI=1S/C18H22BrN/c1-12-8-13(2)10-17(9-12)15(4)20-14(3)16-6-5-7-18(19)11-16/h5-11,14-15,20H,1-4H3/t14-,15?/m0/s1. The van der Waals surface area contributed by atoms with Crippen molar-refractivity contribution in [3.63, 3.8) is 0 Å². The normalized spacial score (nSPS) is 14.1. The fourth-order valence-corrected chi connectivity index (χ4v) is 3.02. The first-order chi connectivity index (χ1) is 9.45. The minimum atomic E-state index is 0.323. The summed E-state index contributed by atoms with van der Waals surface area (Å²) in [5.41, 5.74) is 5.30. The van der Waals surface area contributed by atoms with Gasteiger partial charge in [-0.05, 0) is 51.0 Å². The zero-order valence-corrected chi connectivity index (χ0v) is 14.2. The first kappa shape index (κ1) is 15.3. The molecule has 1 unspecified atom stereocenters. The van der Waals surface area contributed by atoms with Gasteiger partial charge < -0.3 is 5.32 Å². The molecular weight excluding hydrogens is 310 g/mol. The van der Waals surface area contributed by atoms with Gasteiger partial charge in [-0.15, -0.1) is 0 Å². The van der Waals surface area contributed by atoms with E-state index >= 15 is 0 Å². The lowest BCUT2D eigenvalue weighted by Crippen LogP contribution is -2.22. The molecular formula is C18H22BrN. The first-order valence-electron chi connectivity index (χ1n) is 7.05. The Bertz CT molecular complexity index is 571. The number of hydrogen-bond acceptors (Lipinski definition) is 1. The molecule has 0 saturated carbocycles. The van der Waals surface area contributed by atoms with Crippen molar-refractivity contribution in [1.82, 2.24) is 5.32 Å². The molecule has 0 radical (unpaired) electrons. The van der Waals surface area contributed by atoms with Crippen LogP contribution in [0.25, 0.3) is 0 Å². The molecule has 1 N–H and O–H groups in total. The van der Waals surface area contributed by atoms with Crippen molar-refractivity contribution < 1.29 is 0 Å². The SMILES string of the molecule is Cc1cc(C)cc(C(C)N[C@@H](C)c2cccc(Br)c2)c1. The molecule has 0 fully saturated rings. The number of hydrogen-bond donors (Lipinski definition) is 1. The van der Waals surface area contributed by atoms with Crippen molar-refractivity contribution in [2.24, 2.45) is 0 Å². The Kier molecular flexibility index (Phi) is 5.00. The Labute approximate surface area is 130 Å². The highest BCUT2D eigenvalue weighted by atomic mass is 79.9. The fourth-order valence-electron chi connectivity index (χ4n) is 2.60. The van der Waals surface area contributed by atoms with Crippen LogP contribution >= 0.6 is 15.9 Å². The van der Waals surface area contributed by atoms with Crippen LogP contribution in [0, 0.1) is 13.8 Å². The summed E-state index contributed by atoms with van der Waals surface area (Å²) >= 11 is 3.53. The maximum absolute atomic E-state index is 3.67. The van der Waals surface area contributed by atoms with E-state index in [9.17, 15) is 0 Å². The highest BCUT2D eigenvalue weighted by molar-refractivity contribution is 9.10. The van der Waals surface area contributed by atoms with Crippen LogP contribution in [-0.4, -0.2) is 0 Å². The van der Waals surface area contributed by atoms with E-state index in [2.05, 4.69) is 91.4 Å². The van der Waals surface area contributed by atoms with Gasteiger partial charge in [-0.2, -0.15) is 0 Å². The van der Waals surface area contributed by atoms with Crippen LogP contribution in [0.4, 0.5) is 0 Å². The predicted octanol–water partition coefficient (Wildman–Crippen LogP) is 5.48. The van der Waals surface area contributed by atoms with Gasteiger partial charge in [0, 0.05) is 16.6 Å². The van der Waals surface area contributed by atoms with E-state index in [4.69, 9.17) is 0 Å². The van der Waals surface area contributed by atoms with Crippen LogP contribution in [0.1, 0.15) is 48.2 Å². The smallest absolute Gasteiger partial charge is 0.0297 e. The summed E-state index contributed by atoms with van der Waals surface area (Å²) in [7, 11) is 0. The van der Waals surface area contributed by atoms with Crippen molar-refractivity contribution in [3.05, 3.63) is 69.2 Å². The number of halogens is 1. The van der Waals surface area contributed by atoms with Crippen molar-refractivity contribution in [2.45, 2.75) is 39.8 Å². The molecule has 0 aliphatic rings. The second-order valence-electron chi connectivity index (χ2n) is 5.59. The molecule has 0 spiro atoms. The van der Waals surface area contributed by atoms with E-state index in [0.29, 0.717) is 12.1 Å². The summed E-state index contributed by atoms with van der Waals surface area (Å²) in [4.78, 5) is 0. The average molecular weight is 332 g/mol. The zero-order valence-electron chi connectivity index (χ0n) is 12.6. The molecule has 1 nitrogen and oxygen atoms in total. The quantitative estimate of drug-likeness (QED) is 0.782. The Balaban J connectivity index is 2.12. The van der Waals surface area contributed by atoms with Gasteiger partial charge in [0.2, 0.25) is 0 Å². The predicted molar refractivity (Wildman–Crippen MR) is 90.0 cm³/mol. The largest absolute Gasteiger partial charge is 0.304 e.